The molecule has 0 aliphatic carbocycles. The van der Waals surface area contributed by atoms with Gasteiger partial charge in [0.05, 0.1) is 12.3 Å². The van der Waals surface area contributed by atoms with Gasteiger partial charge in [-0.3, -0.25) is 14.4 Å². The van der Waals surface area contributed by atoms with Crippen LogP contribution in [0.3, 0.4) is 0 Å². The number of benzene rings is 1. The number of urea groups is 1. The van der Waals surface area contributed by atoms with Gasteiger partial charge in [-0.15, -0.1) is 0 Å². The standard InChI is InChI=1S/C21H25N3O5/c1-12(2)18(16(25)9-13-7-8-22-20(27)19(13)26)24-21(28)23-10-14-11-29-17-6-4-3-5-15(14)17/h3-6,11-13,18H,7-10H2,1-2H3,(H,22,27)(H2,23,24,28). The SMILES string of the molecule is CC(C)C(NC(=O)NCc1coc2ccccc12)C(=O)CC1CCNC(=O)C1=O. The molecule has 29 heavy (non-hydrogen) atoms. The van der Waals surface area contributed by atoms with E-state index in [1.807, 2.05) is 38.1 Å². The molecule has 0 bridgehead atoms. The lowest BCUT2D eigenvalue weighted by Crippen LogP contribution is -2.50. The van der Waals surface area contributed by atoms with E-state index in [2.05, 4.69) is 16.0 Å². The molecule has 1 fully saturated rings. The zero-order valence-corrected chi connectivity index (χ0v) is 16.5. The lowest BCUT2D eigenvalue weighted by atomic mass is 9.87. The fourth-order valence-corrected chi connectivity index (χ4v) is 3.48. The number of carbonyl (C=O) groups excluding carboxylic acids is 4. The second-order valence-corrected chi connectivity index (χ2v) is 7.58. The van der Waals surface area contributed by atoms with E-state index >= 15 is 0 Å². The second-order valence-electron chi connectivity index (χ2n) is 7.58. The summed E-state index contributed by atoms with van der Waals surface area (Å²) in [5.74, 6) is -2.25. The average molecular weight is 399 g/mol. The molecule has 1 aliphatic heterocycles. The Labute approximate surface area is 168 Å². The number of hydrogen-bond acceptors (Lipinski definition) is 5. The smallest absolute Gasteiger partial charge is 0.315 e. The van der Waals surface area contributed by atoms with Gasteiger partial charge in [0.25, 0.3) is 5.91 Å². The Hall–Kier alpha value is -3.16. The topological polar surface area (TPSA) is 118 Å². The third kappa shape index (κ3) is 4.82. The molecule has 1 aliphatic rings. The minimum absolute atomic E-state index is 0.0538. The zero-order valence-electron chi connectivity index (χ0n) is 16.5. The monoisotopic (exact) mass is 399 g/mol. The Morgan fingerprint density at radius 3 is 2.76 bits per heavy atom. The summed E-state index contributed by atoms with van der Waals surface area (Å²) >= 11 is 0. The van der Waals surface area contributed by atoms with Crippen LogP contribution in [0.25, 0.3) is 11.0 Å². The largest absolute Gasteiger partial charge is 0.464 e. The van der Waals surface area contributed by atoms with Crippen molar-refractivity contribution in [2.24, 2.45) is 11.8 Å². The van der Waals surface area contributed by atoms with Gasteiger partial charge in [0, 0.05) is 36.4 Å². The molecule has 2 aromatic rings. The van der Waals surface area contributed by atoms with Crippen molar-refractivity contribution in [1.82, 2.24) is 16.0 Å². The average Bonchev–Trinajstić information content (AvgIpc) is 3.11. The van der Waals surface area contributed by atoms with E-state index in [0.717, 1.165) is 16.5 Å². The highest BCUT2D eigenvalue weighted by atomic mass is 16.3. The fraction of sp³-hybridized carbons (Fsp3) is 0.429. The van der Waals surface area contributed by atoms with Gasteiger partial charge in [-0.25, -0.2) is 4.79 Å². The van der Waals surface area contributed by atoms with Crippen LogP contribution in [0, 0.1) is 11.8 Å². The van der Waals surface area contributed by atoms with Crippen LogP contribution in [0.15, 0.2) is 34.9 Å². The Morgan fingerprint density at radius 1 is 1.24 bits per heavy atom. The van der Waals surface area contributed by atoms with Gasteiger partial charge >= 0.3 is 6.03 Å². The summed E-state index contributed by atoms with van der Waals surface area (Å²) in [5, 5.41) is 8.83. The summed E-state index contributed by atoms with van der Waals surface area (Å²) < 4.78 is 5.45. The van der Waals surface area contributed by atoms with E-state index in [4.69, 9.17) is 4.42 Å². The number of Topliss-reactive ketones (excluding diaryl/α,β-unsaturated/α-hetero) is 2. The maximum absolute atomic E-state index is 12.7. The number of fused-ring (bicyclic) bond motifs is 1. The molecule has 1 aromatic heterocycles. The molecule has 3 N–H and O–H groups in total. The van der Waals surface area contributed by atoms with E-state index in [1.165, 1.54) is 0 Å². The van der Waals surface area contributed by atoms with E-state index in [1.54, 1.807) is 6.26 Å². The third-order valence-corrected chi connectivity index (χ3v) is 5.12. The first-order valence-electron chi connectivity index (χ1n) is 9.71. The number of carbonyl (C=O) groups is 4. The highest BCUT2D eigenvalue weighted by molar-refractivity contribution is 6.37. The number of amides is 3. The van der Waals surface area contributed by atoms with Crippen LogP contribution in [0.2, 0.25) is 0 Å². The molecule has 3 rings (SSSR count). The molecular weight excluding hydrogens is 374 g/mol. The lowest BCUT2D eigenvalue weighted by molar-refractivity contribution is -0.143. The molecule has 3 amide bonds. The predicted molar refractivity (Wildman–Crippen MR) is 106 cm³/mol. The summed E-state index contributed by atoms with van der Waals surface area (Å²) in [4.78, 5) is 48.5. The number of nitrogens with one attached hydrogen (secondary N) is 3. The van der Waals surface area contributed by atoms with Crippen molar-refractivity contribution in [1.29, 1.82) is 0 Å². The van der Waals surface area contributed by atoms with Crippen LogP contribution in [0.1, 0.15) is 32.3 Å². The first-order valence-corrected chi connectivity index (χ1v) is 9.71. The molecule has 2 atom stereocenters. The van der Waals surface area contributed by atoms with Crippen molar-refractivity contribution in [3.05, 3.63) is 36.1 Å². The van der Waals surface area contributed by atoms with E-state index in [-0.39, 0.29) is 24.7 Å². The van der Waals surface area contributed by atoms with Crippen LogP contribution >= 0.6 is 0 Å². The summed E-state index contributed by atoms with van der Waals surface area (Å²) in [6.07, 6.45) is 1.97. The van der Waals surface area contributed by atoms with Gasteiger partial charge in [0.15, 0.2) is 5.78 Å². The van der Waals surface area contributed by atoms with Crippen molar-refractivity contribution in [2.45, 2.75) is 39.3 Å². The zero-order chi connectivity index (χ0) is 21.0. The molecule has 8 heteroatoms. The lowest BCUT2D eigenvalue weighted by Gasteiger charge is -2.25. The number of piperidine rings is 1. The molecule has 0 spiro atoms. The molecule has 0 saturated carbocycles. The van der Waals surface area contributed by atoms with Crippen LogP contribution in [0.4, 0.5) is 4.79 Å². The molecule has 2 unspecified atom stereocenters. The molecule has 0 radical (unpaired) electrons. The van der Waals surface area contributed by atoms with E-state index in [0.29, 0.717) is 13.0 Å². The Morgan fingerprint density at radius 2 is 2.00 bits per heavy atom. The maximum Gasteiger partial charge on any atom is 0.315 e. The molecular formula is C21H25N3O5. The van der Waals surface area contributed by atoms with Gasteiger partial charge in [0.1, 0.15) is 5.58 Å². The van der Waals surface area contributed by atoms with Crippen molar-refractivity contribution >= 4 is 34.5 Å². The van der Waals surface area contributed by atoms with Gasteiger partial charge < -0.3 is 20.4 Å². The number of ketones is 2. The van der Waals surface area contributed by atoms with Crippen molar-refractivity contribution in [3.63, 3.8) is 0 Å². The Balaban J connectivity index is 1.57. The van der Waals surface area contributed by atoms with Gasteiger partial charge in [-0.05, 0) is 18.4 Å². The summed E-state index contributed by atoms with van der Waals surface area (Å²) in [5.41, 5.74) is 1.57. The highest BCUT2D eigenvalue weighted by Gasteiger charge is 2.34. The van der Waals surface area contributed by atoms with Gasteiger partial charge in [0.2, 0.25) is 5.78 Å². The number of para-hydroxylation sites is 1. The van der Waals surface area contributed by atoms with Crippen molar-refractivity contribution < 1.29 is 23.6 Å². The Bertz CT molecular complexity index is 933. The summed E-state index contributed by atoms with van der Waals surface area (Å²) in [6.45, 7) is 4.27. The molecule has 1 aromatic carbocycles. The molecule has 154 valence electrons. The first-order chi connectivity index (χ1) is 13.9. The second kappa shape index (κ2) is 8.89. The van der Waals surface area contributed by atoms with Crippen molar-refractivity contribution in [2.75, 3.05) is 6.54 Å². The van der Waals surface area contributed by atoms with Gasteiger partial charge in [-0.2, -0.15) is 0 Å². The first kappa shape index (κ1) is 20.6. The molecule has 1 saturated heterocycles. The highest BCUT2D eigenvalue weighted by Crippen LogP contribution is 2.20. The Kier molecular flexibility index (Phi) is 6.31. The predicted octanol–water partition coefficient (Wildman–Crippen LogP) is 1.92. The van der Waals surface area contributed by atoms with Crippen LogP contribution in [-0.2, 0) is 20.9 Å². The van der Waals surface area contributed by atoms with E-state index in [9.17, 15) is 19.2 Å². The third-order valence-electron chi connectivity index (χ3n) is 5.12. The minimum Gasteiger partial charge on any atom is -0.464 e. The van der Waals surface area contributed by atoms with Crippen LogP contribution < -0.4 is 16.0 Å². The normalized spacial score (nSPS) is 17.8. The maximum atomic E-state index is 12.7. The fourth-order valence-electron chi connectivity index (χ4n) is 3.48. The quantitative estimate of drug-likeness (QED) is 0.615. The summed E-state index contributed by atoms with van der Waals surface area (Å²) in [6, 6.07) is 6.30. The minimum atomic E-state index is -0.742. The van der Waals surface area contributed by atoms with Crippen molar-refractivity contribution in [3.8, 4) is 0 Å². The number of furan rings is 1. The summed E-state index contributed by atoms with van der Waals surface area (Å²) in [7, 11) is 0. The van der Waals surface area contributed by atoms with Gasteiger partial charge in [-0.1, -0.05) is 32.0 Å². The van der Waals surface area contributed by atoms with Crippen LogP contribution in [0.5, 0.6) is 0 Å². The molecule has 2 heterocycles. The molecule has 8 nitrogen and oxygen atoms in total. The van der Waals surface area contributed by atoms with Crippen LogP contribution in [-0.4, -0.2) is 36.1 Å². The van der Waals surface area contributed by atoms with E-state index < -0.39 is 29.7 Å². The number of hydrogen-bond donors (Lipinski definition) is 3. The number of rotatable bonds is 7.